The summed E-state index contributed by atoms with van der Waals surface area (Å²) in [6, 6.07) is 3.77. The zero-order chi connectivity index (χ0) is 25.3. The van der Waals surface area contributed by atoms with E-state index < -0.39 is 5.79 Å². The van der Waals surface area contributed by atoms with Gasteiger partial charge in [-0.05, 0) is 86.4 Å². The number of nitrogens with one attached hydrogen (secondary N) is 2. The second kappa shape index (κ2) is 10.3. The van der Waals surface area contributed by atoms with Crippen LogP contribution in [0.4, 0.5) is 0 Å². The molecule has 0 bridgehead atoms. The molecule has 4 rings (SSSR count). The fourth-order valence-corrected chi connectivity index (χ4v) is 5.75. The van der Waals surface area contributed by atoms with Crippen LogP contribution in [-0.2, 0) is 13.0 Å². The summed E-state index contributed by atoms with van der Waals surface area (Å²) in [6.07, 6.45) is 3.73. The summed E-state index contributed by atoms with van der Waals surface area (Å²) in [5, 5.41) is 2.95. The Kier molecular flexibility index (Phi) is 7.62. The van der Waals surface area contributed by atoms with Crippen LogP contribution in [-0.4, -0.2) is 41.2 Å². The van der Waals surface area contributed by atoms with Gasteiger partial charge < -0.3 is 24.7 Å². The first-order valence-electron chi connectivity index (χ1n) is 12.6. The standard InChI is InChI=1S/C27H36BrN3O4/c1-6-8-18-13-16(3)30-26(33)21(18)15-29-25(32)20-14-22(28)24-23(17(20)4)34-27(5,35-24)19-9-11-31(7-2)12-10-19/h13-14,19H,6-12,15H2,1-5H3,(H,29,32)(H,30,33)/t27-/m1/s1. The van der Waals surface area contributed by atoms with Gasteiger partial charge in [0.25, 0.3) is 17.3 Å². The van der Waals surface area contributed by atoms with Crippen LogP contribution in [0, 0.1) is 19.8 Å². The van der Waals surface area contributed by atoms with Crippen molar-refractivity contribution in [3.8, 4) is 11.5 Å². The van der Waals surface area contributed by atoms with Crippen molar-refractivity contribution in [3.05, 3.63) is 54.9 Å². The lowest BCUT2D eigenvalue weighted by Gasteiger charge is -2.38. The maximum atomic E-state index is 13.2. The molecule has 0 aliphatic carbocycles. The van der Waals surface area contributed by atoms with Gasteiger partial charge in [-0.1, -0.05) is 20.3 Å². The third-order valence-corrected chi connectivity index (χ3v) is 7.97. The zero-order valence-corrected chi connectivity index (χ0v) is 22.9. The van der Waals surface area contributed by atoms with Gasteiger partial charge in [-0.2, -0.15) is 0 Å². The van der Waals surface area contributed by atoms with Crippen LogP contribution in [0.25, 0.3) is 0 Å². The monoisotopic (exact) mass is 545 g/mol. The van der Waals surface area contributed by atoms with Crippen molar-refractivity contribution < 1.29 is 14.3 Å². The Balaban J connectivity index is 1.53. The number of halogens is 1. The van der Waals surface area contributed by atoms with E-state index in [2.05, 4.69) is 45.0 Å². The van der Waals surface area contributed by atoms with E-state index in [1.165, 1.54) is 0 Å². The third-order valence-electron chi connectivity index (χ3n) is 7.38. The molecule has 2 aliphatic heterocycles. The third kappa shape index (κ3) is 5.14. The molecule has 1 saturated heterocycles. The molecule has 1 aromatic heterocycles. The van der Waals surface area contributed by atoms with Gasteiger partial charge >= 0.3 is 0 Å². The molecule has 190 valence electrons. The van der Waals surface area contributed by atoms with E-state index in [9.17, 15) is 9.59 Å². The second-order valence-electron chi connectivity index (χ2n) is 9.84. The first-order valence-corrected chi connectivity index (χ1v) is 13.4. The van der Waals surface area contributed by atoms with Gasteiger partial charge in [-0.15, -0.1) is 0 Å². The van der Waals surface area contributed by atoms with Gasteiger partial charge in [0.2, 0.25) is 0 Å². The Bertz CT molecular complexity index is 1170. The number of carbonyl (C=O) groups excluding carboxylic acids is 1. The Morgan fingerprint density at radius 3 is 2.54 bits per heavy atom. The number of rotatable bonds is 7. The molecule has 0 saturated carbocycles. The molecular formula is C27H36BrN3O4. The van der Waals surface area contributed by atoms with E-state index in [-0.39, 0.29) is 23.9 Å². The molecule has 3 heterocycles. The first kappa shape index (κ1) is 25.8. The molecule has 2 aromatic rings. The van der Waals surface area contributed by atoms with Crippen LogP contribution in [0.3, 0.4) is 0 Å². The van der Waals surface area contributed by atoms with E-state index in [4.69, 9.17) is 9.47 Å². The van der Waals surface area contributed by atoms with Gasteiger partial charge in [-0.25, -0.2) is 0 Å². The molecule has 1 fully saturated rings. The van der Waals surface area contributed by atoms with E-state index >= 15 is 0 Å². The van der Waals surface area contributed by atoms with E-state index in [1.807, 2.05) is 26.8 Å². The highest BCUT2D eigenvalue weighted by molar-refractivity contribution is 9.10. The fraction of sp³-hybridized carbons (Fsp3) is 0.556. The Morgan fingerprint density at radius 1 is 1.20 bits per heavy atom. The lowest BCUT2D eigenvalue weighted by atomic mass is 9.89. The minimum Gasteiger partial charge on any atom is -0.448 e. The Morgan fingerprint density at radius 2 is 1.89 bits per heavy atom. The maximum absolute atomic E-state index is 13.2. The SMILES string of the molecule is CCCc1cc(C)[nH]c(=O)c1CNC(=O)c1cc(Br)c2c(c1C)O[C@@](C)(C1CCN(CC)CC1)O2. The van der Waals surface area contributed by atoms with Crippen molar-refractivity contribution in [3.63, 3.8) is 0 Å². The average molecular weight is 547 g/mol. The van der Waals surface area contributed by atoms with Crippen LogP contribution in [0.1, 0.15) is 72.8 Å². The zero-order valence-electron chi connectivity index (χ0n) is 21.3. The number of aromatic amines is 1. The highest BCUT2D eigenvalue weighted by Gasteiger charge is 2.47. The smallest absolute Gasteiger partial charge is 0.253 e. The topological polar surface area (TPSA) is 83.7 Å². The van der Waals surface area contributed by atoms with Gasteiger partial charge in [-0.3, -0.25) is 9.59 Å². The maximum Gasteiger partial charge on any atom is 0.253 e. The highest BCUT2D eigenvalue weighted by atomic mass is 79.9. The number of likely N-dealkylation sites (tertiary alicyclic amines) is 1. The number of benzene rings is 1. The van der Waals surface area contributed by atoms with Gasteiger partial charge in [0.1, 0.15) is 0 Å². The molecule has 0 unspecified atom stereocenters. The van der Waals surface area contributed by atoms with Crippen LogP contribution >= 0.6 is 15.9 Å². The first-order chi connectivity index (χ1) is 16.7. The molecule has 1 aromatic carbocycles. The Labute approximate surface area is 215 Å². The van der Waals surface area contributed by atoms with E-state index in [0.717, 1.165) is 62.1 Å². The van der Waals surface area contributed by atoms with Crippen molar-refractivity contribution in [1.29, 1.82) is 0 Å². The van der Waals surface area contributed by atoms with Crippen molar-refractivity contribution in [2.45, 2.75) is 72.6 Å². The molecule has 8 heteroatoms. The summed E-state index contributed by atoms with van der Waals surface area (Å²) in [5.74, 6) is 0.535. The lowest BCUT2D eigenvalue weighted by Crippen LogP contribution is -2.48. The number of hydrogen-bond acceptors (Lipinski definition) is 5. The van der Waals surface area contributed by atoms with Crippen LogP contribution in [0.15, 0.2) is 21.4 Å². The quantitative estimate of drug-likeness (QED) is 0.519. The summed E-state index contributed by atoms with van der Waals surface area (Å²) in [5.41, 5.74) is 3.50. The molecule has 2 aliphatic rings. The molecular weight excluding hydrogens is 510 g/mol. The number of piperidine rings is 1. The number of fused-ring (bicyclic) bond motifs is 1. The summed E-state index contributed by atoms with van der Waals surface area (Å²) in [7, 11) is 0. The van der Waals surface area contributed by atoms with Gasteiger partial charge in [0.05, 0.1) is 4.47 Å². The van der Waals surface area contributed by atoms with E-state index in [1.54, 1.807) is 6.07 Å². The molecule has 0 spiro atoms. The molecule has 1 amide bonds. The summed E-state index contributed by atoms with van der Waals surface area (Å²) >= 11 is 3.60. The van der Waals surface area contributed by atoms with Gasteiger partial charge in [0.15, 0.2) is 11.5 Å². The minimum absolute atomic E-state index is 0.151. The highest BCUT2D eigenvalue weighted by Crippen LogP contribution is 2.51. The number of carbonyl (C=O) groups is 1. The van der Waals surface area contributed by atoms with E-state index in [0.29, 0.717) is 27.1 Å². The summed E-state index contributed by atoms with van der Waals surface area (Å²) in [6.45, 7) is 13.3. The molecule has 1 atom stereocenters. The predicted octanol–water partition coefficient (Wildman–Crippen LogP) is 4.86. The van der Waals surface area contributed by atoms with Crippen molar-refractivity contribution in [1.82, 2.24) is 15.2 Å². The van der Waals surface area contributed by atoms with Crippen LogP contribution in [0.5, 0.6) is 11.5 Å². The number of ether oxygens (including phenoxy) is 2. The molecule has 0 radical (unpaired) electrons. The number of H-pyrrole nitrogens is 1. The normalized spacial score (nSPS) is 20.3. The largest absolute Gasteiger partial charge is 0.448 e. The fourth-order valence-electron chi connectivity index (χ4n) is 5.26. The Hall–Kier alpha value is -2.32. The molecule has 2 N–H and O–H groups in total. The summed E-state index contributed by atoms with van der Waals surface area (Å²) in [4.78, 5) is 31.1. The minimum atomic E-state index is -0.755. The van der Waals surface area contributed by atoms with Crippen LogP contribution in [0.2, 0.25) is 0 Å². The van der Waals surface area contributed by atoms with Gasteiger partial charge in [0, 0.05) is 41.8 Å². The second-order valence-corrected chi connectivity index (χ2v) is 10.7. The lowest BCUT2D eigenvalue weighted by molar-refractivity contribution is -0.124. The molecule has 35 heavy (non-hydrogen) atoms. The number of aromatic nitrogens is 1. The number of hydrogen-bond donors (Lipinski definition) is 2. The van der Waals surface area contributed by atoms with Crippen molar-refractivity contribution >= 4 is 21.8 Å². The number of amides is 1. The predicted molar refractivity (Wildman–Crippen MR) is 140 cm³/mol. The number of aryl methyl sites for hydroxylation is 2. The number of pyridine rings is 1. The summed E-state index contributed by atoms with van der Waals surface area (Å²) < 4.78 is 13.5. The average Bonchev–Trinajstić information content (AvgIpc) is 3.20. The number of nitrogens with zero attached hydrogens (tertiary/aromatic N) is 1. The molecule has 7 nitrogen and oxygen atoms in total. The van der Waals surface area contributed by atoms with Crippen molar-refractivity contribution in [2.24, 2.45) is 5.92 Å². The van der Waals surface area contributed by atoms with Crippen molar-refractivity contribution in [2.75, 3.05) is 19.6 Å². The van der Waals surface area contributed by atoms with Crippen LogP contribution < -0.4 is 20.3 Å².